The maximum atomic E-state index is 5.89. The van der Waals surface area contributed by atoms with Crippen molar-refractivity contribution in [3.05, 3.63) is 42.0 Å². The summed E-state index contributed by atoms with van der Waals surface area (Å²) in [4.78, 5) is 10.4. The van der Waals surface area contributed by atoms with Crippen LogP contribution < -0.4 is 16.4 Å². The van der Waals surface area contributed by atoms with Crippen molar-refractivity contribution in [2.24, 2.45) is 11.5 Å². The Labute approximate surface area is 94.5 Å². The molecule has 0 fully saturated rings. The highest BCUT2D eigenvalue weighted by Gasteiger charge is 2.19. The second-order valence-corrected chi connectivity index (χ2v) is 3.75. The van der Waals surface area contributed by atoms with Crippen molar-refractivity contribution in [2.75, 3.05) is 18.0 Å². The molecule has 2 rings (SSSR count). The Morgan fingerprint density at radius 1 is 1.38 bits per heavy atom. The normalized spacial score (nSPS) is 16.4. The van der Waals surface area contributed by atoms with E-state index >= 15 is 0 Å². The van der Waals surface area contributed by atoms with Gasteiger partial charge in [0.15, 0.2) is 0 Å². The highest BCUT2D eigenvalue weighted by atomic mass is 15.2. The van der Waals surface area contributed by atoms with Gasteiger partial charge in [0.2, 0.25) is 5.95 Å². The summed E-state index contributed by atoms with van der Waals surface area (Å²) in [5.41, 5.74) is 13.8. The summed E-state index contributed by atoms with van der Waals surface area (Å²) in [6.07, 6.45) is 4.21. The lowest BCUT2D eigenvalue weighted by molar-refractivity contribution is 0.730. The summed E-state index contributed by atoms with van der Waals surface area (Å²) < 4.78 is 0. The topological polar surface area (TPSA) is 81.1 Å². The molecule has 1 aliphatic rings. The van der Waals surface area contributed by atoms with Crippen molar-refractivity contribution >= 4 is 5.95 Å². The first-order chi connectivity index (χ1) is 7.68. The molecule has 0 amide bonds. The Morgan fingerprint density at radius 2 is 2.06 bits per heavy atom. The molecular weight excluding hydrogens is 202 g/mol. The molecule has 0 atom stereocenters. The van der Waals surface area contributed by atoms with Crippen molar-refractivity contribution in [1.29, 1.82) is 0 Å². The average molecular weight is 217 g/mol. The summed E-state index contributed by atoms with van der Waals surface area (Å²) in [6, 6.07) is 1.79. The molecule has 0 aromatic carbocycles. The van der Waals surface area contributed by atoms with Gasteiger partial charge in [-0.3, -0.25) is 0 Å². The molecular formula is C11H15N5. The lowest BCUT2D eigenvalue weighted by Crippen LogP contribution is -2.36. The van der Waals surface area contributed by atoms with Crippen LogP contribution in [0, 0.1) is 0 Å². The van der Waals surface area contributed by atoms with Crippen LogP contribution in [0.5, 0.6) is 0 Å². The maximum absolute atomic E-state index is 5.89. The number of anilines is 1. The molecule has 0 aliphatic carbocycles. The van der Waals surface area contributed by atoms with Gasteiger partial charge in [-0.1, -0.05) is 6.58 Å². The summed E-state index contributed by atoms with van der Waals surface area (Å²) in [5, 5.41) is 0. The van der Waals surface area contributed by atoms with Crippen LogP contribution in [0.1, 0.15) is 6.42 Å². The van der Waals surface area contributed by atoms with Gasteiger partial charge in [0.1, 0.15) is 0 Å². The van der Waals surface area contributed by atoms with E-state index in [1.54, 1.807) is 18.5 Å². The summed E-state index contributed by atoms with van der Waals surface area (Å²) in [5.74, 6) is 0.703. The van der Waals surface area contributed by atoms with Gasteiger partial charge in [-0.25, -0.2) is 9.97 Å². The van der Waals surface area contributed by atoms with Crippen LogP contribution in [0.25, 0.3) is 0 Å². The van der Waals surface area contributed by atoms with Crippen molar-refractivity contribution in [1.82, 2.24) is 9.97 Å². The molecule has 16 heavy (non-hydrogen) atoms. The lowest BCUT2D eigenvalue weighted by Gasteiger charge is -2.29. The van der Waals surface area contributed by atoms with E-state index in [0.717, 1.165) is 24.2 Å². The number of nitrogens with zero attached hydrogens (tertiary/aromatic N) is 3. The number of nitrogens with two attached hydrogens (primary N) is 2. The van der Waals surface area contributed by atoms with E-state index < -0.39 is 0 Å². The van der Waals surface area contributed by atoms with Crippen LogP contribution in [-0.4, -0.2) is 23.1 Å². The number of rotatable bonds is 2. The second-order valence-electron chi connectivity index (χ2n) is 3.75. The molecule has 0 spiro atoms. The van der Waals surface area contributed by atoms with Crippen LogP contribution in [0.4, 0.5) is 5.95 Å². The highest BCUT2D eigenvalue weighted by Crippen LogP contribution is 2.20. The fourth-order valence-electron chi connectivity index (χ4n) is 1.71. The average Bonchev–Trinajstić information content (AvgIpc) is 2.30. The quantitative estimate of drug-likeness (QED) is 0.748. The minimum Gasteiger partial charge on any atom is -0.402 e. The van der Waals surface area contributed by atoms with Crippen molar-refractivity contribution in [2.45, 2.75) is 6.42 Å². The van der Waals surface area contributed by atoms with Gasteiger partial charge in [0, 0.05) is 48.9 Å². The van der Waals surface area contributed by atoms with E-state index in [9.17, 15) is 0 Å². The van der Waals surface area contributed by atoms with Gasteiger partial charge >= 0.3 is 0 Å². The first kappa shape index (κ1) is 10.5. The molecule has 0 saturated heterocycles. The van der Waals surface area contributed by atoms with Crippen LogP contribution in [0.15, 0.2) is 42.0 Å². The van der Waals surface area contributed by atoms with Crippen molar-refractivity contribution < 1.29 is 0 Å². The zero-order valence-corrected chi connectivity index (χ0v) is 9.06. The fourth-order valence-corrected chi connectivity index (χ4v) is 1.71. The van der Waals surface area contributed by atoms with Gasteiger partial charge in [-0.2, -0.15) is 0 Å². The number of hydrogen-bond donors (Lipinski definition) is 2. The Hall–Kier alpha value is -2.04. The van der Waals surface area contributed by atoms with Crippen LogP contribution >= 0.6 is 0 Å². The predicted molar refractivity (Wildman–Crippen MR) is 63.4 cm³/mol. The highest BCUT2D eigenvalue weighted by molar-refractivity contribution is 5.42. The lowest BCUT2D eigenvalue weighted by atomic mass is 10.0. The first-order valence-electron chi connectivity index (χ1n) is 5.12. The van der Waals surface area contributed by atoms with Gasteiger partial charge in [-0.15, -0.1) is 0 Å². The van der Waals surface area contributed by atoms with Crippen LogP contribution in [0.2, 0.25) is 0 Å². The van der Waals surface area contributed by atoms with E-state index in [-0.39, 0.29) is 0 Å². The molecule has 2 heterocycles. The number of hydrogen-bond acceptors (Lipinski definition) is 5. The molecule has 0 saturated carbocycles. The largest absolute Gasteiger partial charge is 0.402 e. The van der Waals surface area contributed by atoms with Crippen molar-refractivity contribution in [3.63, 3.8) is 0 Å². The predicted octanol–water partition coefficient (Wildman–Crippen LogP) is 0.372. The molecule has 5 heteroatoms. The third-order valence-electron chi connectivity index (χ3n) is 2.61. The van der Waals surface area contributed by atoms with E-state index in [4.69, 9.17) is 11.5 Å². The van der Waals surface area contributed by atoms with E-state index in [0.29, 0.717) is 18.2 Å². The SMILES string of the molecule is C=C(N)C1=C(N)CCN(c2ncccn2)C1. The first-order valence-corrected chi connectivity index (χ1v) is 5.12. The van der Waals surface area contributed by atoms with E-state index in [2.05, 4.69) is 16.5 Å². The van der Waals surface area contributed by atoms with Crippen molar-refractivity contribution in [3.8, 4) is 0 Å². The monoisotopic (exact) mass is 217 g/mol. The van der Waals surface area contributed by atoms with Gasteiger partial charge in [0.05, 0.1) is 0 Å². The summed E-state index contributed by atoms with van der Waals surface area (Å²) in [6.45, 7) is 5.17. The smallest absolute Gasteiger partial charge is 0.225 e. The van der Waals surface area contributed by atoms with Crippen LogP contribution in [0.3, 0.4) is 0 Å². The van der Waals surface area contributed by atoms with Crippen LogP contribution in [-0.2, 0) is 0 Å². The second kappa shape index (κ2) is 4.22. The Morgan fingerprint density at radius 3 is 2.69 bits per heavy atom. The third-order valence-corrected chi connectivity index (χ3v) is 2.61. The van der Waals surface area contributed by atoms with Gasteiger partial charge < -0.3 is 16.4 Å². The summed E-state index contributed by atoms with van der Waals surface area (Å²) >= 11 is 0. The van der Waals surface area contributed by atoms with E-state index in [1.165, 1.54) is 0 Å². The molecule has 84 valence electrons. The standard InChI is InChI=1S/C11H15N5/c1-8(12)9-7-16(6-3-10(9)13)11-14-4-2-5-15-11/h2,4-5H,1,3,6-7,12-13H2. The third kappa shape index (κ3) is 1.98. The molecule has 4 N–H and O–H groups in total. The molecule has 0 radical (unpaired) electrons. The molecule has 1 aromatic rings. The van der Waals surface area contributed by atoms with Gasteiger partial charge in [-0.05, 0) is 6.07 Å². The van der Waals surface area contributed by atoms with E-state index in [1.807, 2.05) is 4.90 Å². The number of aromatic nitrogens is 2. The Balaban J connectivity index is 2.21. The van der Waals surface area contributed by atoms with Gasteiger partial charge in [0.25, 0.3) is 0 Å². The molecule has 0 bridgehead atoms. The molecule has 1 aromatic heterocycles. The molecule has 0 unspecified atom stereocenters. The summed E-state index contributed by atoms with van der Waals surface area (Å²) in [7, 11) is 0. The minimum atomic E-state index is 0.526. The minimum absolute atomic E-state index is 0.526. The zero-order chi connectivity index (χ0) is 11.5. The Bertz CT molecular complexity index is 423. The Kier molecular flexibility index (Phi) is 2.76. The fraction of sp³-hybridized carbons (Fsp3) is 0.273. The maximum Gasteiger partial charge on any atom is 0.225 e. The molecule has 5 nitrogen and oxygen atoms in total. The molecule has 1 aliphatic heterocycles. The zero-order valence-electron chi connectivity index (χ0n) is 9.06.